The van der Waals surface area contributed by atoms with Gasteiger partial charge in [-0.25, -0.2) is 4.98 Å². The van der Waals surface area contributed by atoms with Crippen LogP contribution in [0.15, 0.2) is 42.9 Å². The fourth-order valence-corrected chi connectivity index (χ4v) is 3.40. The largest absolute Gasteiger partial charge is 0.497 e. The van der Waals surface area contributed by atoms with E-state index >= 15 is 0 Å². The van der Waals surface area contributed by atoms with E-state index in [1.54, 1.807) is 25.7 Å². The zero-order valence-electron chi connectivity index (χ0n) is 16.5. The summed E-state index contributed by atoms with van der Waals surface area (Å²) in [5.41, 5.74) is 2.68. The van der Waals surface area contributed by atoms with Crippen molar-refractivity contribution in [3.05, 3.63) is 48.5 Å². The van der Waals surface area contributed by atoms with Gasteiger partial charge in [-0.05, 0) is 37.2 Å². The number of methoxy groups -OCH3 is 1. The molecule has 1 fully saturated rings. The first-order valence-corrected chi connectivity index (χ1v) is 9.81. The second-order valence-electron chi connectivity index (χ2n) is 6.92. The van der Waals surface area contributed by atoms with E-state index in [0.29, 0.717) is 17.9 Å². The highest BCUT2D eigenvalue weighted by Crippen LogP contribution is 2.24. The van der Waals surface area contributed by atoms with E-state index < -0.39 is 0 Å². The van der Waals surface area contributed by atoms with Crippen molar-refractivity contribution in [2.24, 2.45) is 0 Å². The number of amides is 1. The fourth-order valence-electron chi connectivity index (χ4n) is 3.40. The molecular weight excluding hydrogens is 370 g/mol. The molecule has 1 saturated heterocycles. The predicted octanol–water partition coefficient (Wildman–Crippen LogP) is 1.86. The molecule has 1 aromatic carbocycles. The summed E-state index contributed by atoms with van der Waals surface area (Å²) in [6.07, 6.45) is 6.14. The first-order valence-electron chi connectivity index (χ1n) is 9.81. The van der Waals surface area contributed by atoms with Crippen molar-refractivity contribution in [3.8, 4) is 17.0 Å². The summed E-state index contributed by atoms with van der Waals surface area (Å²) in [5.74, 6) is 0.609. The van der Waals surface area contributed by atoms with Gasteiger partial charge in [0.25, 0.3) is 5.91 Å². The number of nitrogens with one attached hydrogen (secondary N) is 1. The van der Waals surface area contributed by atoms with Crippen LogP contribution in [0.4, 0.5) is 0 Å². The molecule has 0 radical (unpaired) electrons. The smallest absolute Gasteiger partial charge is 0.271 e. The Labute approximate surface area is 169 Å². The lowest BCUT2D eigenvalue weighted by Gasteiger charge is -2.26. The molecule has 0 atom stereocenters. The van der Waals surface area contributed by atoms with E-state index in [-0.39, 0.29) is 5.91 Å². The van der Waals surface area contributed by atoms with Crippen molar-refractivity contribution in [1.29, 1.82) is 0 Å². The third-order valence-corrected chi connectivity index (χ3v) is 5.01. The van der Waals surface area contributed by atoms with Gasteiger partial charge in [0.2, 0.25) is 0 Å². The van der Waals surface area contributed by atoms with Crippen LogP contribution in [0.3, 0.4) is 0 Å². The third kappa shape index (κ3) is 4.55. The lowest BCUT2D eigenvalue weighted by atomic mass is 10.1. The molecule has 0 spiro atoms. The Morgan fingerprint density at radius 3 is 2.79 bits per heavy atom. The summed E-state index contributed by atoms with van der Waals surface area (Å²) < 4.78 is 12.4. The number of imidazole rings is 1. The van der Waals surface area contributed by atoms with Gasteiger partial charge in [-0.3, -0.25) is 14.7 Å². The predicted molar refractivity (Wildman–Crippen MR) is 109 cm³/mol. The Hall–Kier alpha value is -2.97. The molecular formula is C21H25N5O3. The zero-order chi connectivity index (χ0) is 20.1. The minimum atomic E-state index is -0.170. The Morgan fingerprint density at radius 2 is 2.03 bits per heavy atom. The number of fused-ring (bicyclic) bond motifs is 1. The number of hydrogen-bond donors (Lipinski definition) is 1. The lowest BCUT2D eigenvalue weighted by molar-refractivity contribution is 0.0374. The third-order valence-electron chi connectivity index (χ3n) is 5.01. The average molecular weight is 395 g/mol. The maximum Gasteiger partial charge on any atom is 0.271 e. The summed E-state index contributed by atoms with van der Waals surface area (Å²) in [7, 11) is 1.63. The van der Waals surface area contributed by atoms with Crippen LogP contribution in [-0.2, 0) is 4.74 Å². The summed E-state index contributed by atoms with van der Waals surface area (Å²) in [4.78, 5) is 23.9. The molecule has 4 rings (SSSR count). The van der Waals surface area contributed by atoms with E-state index in [2.05, 4.69) is 20.2 Å². The van der Waals surface area contributed by atoms with Crippen molar-refractivity contribution in [1.82, 2.24) is 24.6 Å². The van der Waals surface area contributed by atoms with E-state index in [1.165, 1.54) is 0 Å². The first kappa shape index (κ1) is 19.4. The van der Waals surface area contributed by atoms with Crippen LogP contribution < -0.4 is 10.1 Å². The van der Waals surface area contributed by atoms with Crippen molar-refractivity contribution >= 4 is 11.6 Å². The van der Waals surface area contributed by atoms with Crippen molar-refractivity contribution in [2.45, 2.75) is 6.42 Å². The maximum absolute atomic E-state index is 12.5. The maximum atomic E-state index is 12.5. The Kier molecular flexibility index (Phi) is 6.02. The van der Waals surface area contributed by atoms with Gasteiger partial charge in [0, 0.05) is 43.8 Å². The van der Waals surface area contributed by atoms with Crippen LogP contribution in [-0.4, -0.2) is 71.7 Å². The van der Waals surface area contributed by atoms with E-state index in [4.69, 9.17) is 9.47 Å². The second kappa shape index (κ2) is 9.02. The molecule has 0 saturated carbocycles. The number of carbonyl (C=O) groups excluding carboxylic acids is 1. The molecule has 1 amide bonds. The Balaban J connectivity index is 1.42. The molecule has 8 nitrogen and oxygen atoms in total. The quantitative estimate of drug-likeness (QED) is 0.615. The Morgan fingerprint density at radius 1 is 1.24 bits per heavy atom. The molecule has 2 aromatic heterocycles. The highest BCUT2D eigenvalue weighted by atomic mass is 16.5. The van der Waals surface area contributed by atoms with E-state index in [9.17, 15) is 4.79 Å². The zero-order valence-corrected chi connectivity index (χ0v) is 16.5. The SMILES string of the molecule is COc1ccc(-c2nccn3cc(C(=O)NCCCN4CCOCC4)nc23)cc1. The van der Waals surface area contributed by atoms with Gasteiger partial charge in [0.15, 0.2) is 5.65 Å². The molecule has 29 heavy (non-hydrogen) atoms. The standard InChI is InChI=1S/C21H25N5O3/c1-28-17-5-3-16(4-6-17)19-20-24-18(15-26(20)10-8-22-19)21(27)23-7-2-9-25-11-13-29-14-12-25/h3-6,8,10,15H,2,7,9,11-14H2,1H3,(H,23,27). The second-order valence-corrected chi connectivity index (χ2v) is 6.92. The lowest BCUT2D eigenvalue weighted by Crippen LogP contribution is -2.38. The van der Waals surface area contributed by atoms with Crippen molar-refractivity contribution in [3.63, 3.8) is 0 Å². The number of hydrogen-bond acceptors (Lipinski definition) is 6. The summed E-state index contributed by atoms with van der Waals surface area (Å²) in [5, 5.41) is 2.96. The molecule has 1 aliphatic heterocycles. The monoisotopic (exact) mass is 395 g/mol. The molecule has 0 aliphatic carbocycles. The van der Waals surface area contributed by atoms with Crippen LogP contribution in [0.25, 0.3) is 16.9 Å². The summed E-state index contributed by atoms with van der Waals surface area (Å²) in [6, 6.07) is 7.62. The summed E-state index contributed by atoms with van der Waals surface area (Å²) in [6.45, 7) is 5.08. The number of carbonyl (C=O) groups is 1. The number of aromatic nitrogens is 3. The normalized spacial score (nSPS) is 14.8. The molecule has 0 bridgehead atoms. The van der Waals surface area contributed by atoms with Gasteiger partial charge in [-0.2, -0.15) is 0 Å². The molecule has 1 N–H and O–H groups in total. The van der Waals surface area contributed by atoms with Gasteiger partial charge in [-0.15, -0.1) is 0 Å². The molecule has 152 valence electrons. The fraction of sp³-hybridized carbons (Fsp3) is 0.381. The van der Waals surface area contributed by atoms with Gasteiger partial charge in [0.1, 0.15) is 17.1 Å². The Bertz CT molecular complexity index is 964. The van der Waals surface area contributed by atoms with Crippen LogP contribution >= 0.6 is 0 Å². The van der Waals surface area contributed by atoms with Crippen LogP contribution in [0.1, 0.15) is 16.9 Å². The molecule has 3 aromatic rings. The van der Waals surface area contributed by atoms with Crippen LogP contribution in [0, 0.1) is 0 Å². The van der Waals surface area contributed by atoms with Crippen LogP contribution in [0.5, 0.6) is 5.75 Å². The molecule has 8 heteroatoms. The van der Waals surface area contributed by atoms with Gasteiger partial charge in [-0.1, -0.05) is 0 Å². The number of ether oxygens (including phenoxy) is 2. The van der Waals surface area contributed by atoms with Crippen molar-refractivity contribution < 1.29 is 14.3 Å². The van der Waals surface area contributed by atoms with E-state index in [1.807, 2.05) is 28.7 Å². The van der Waals surface area contributed by atoms with Gasteiger partial charge < -0.3 is 19.2 Å². The number of morpholine rings is 1. The molecule has 3 heterocycles. The topological polar surface area (TPSA) is 81.0 Å². The molecule has 0 unspecified atom stereocenters. The number of nitrogens with zero attached hydrogens (tertiary/aromatic N) is 4. The minimum Gasteiger partial charge on any atom is -0.497 e. The highest BCUT2D eigenvalue weighted by molar-refractivity contribution is 5.93. The van der Waals surface area contributed by atoms with Crippen LogP contribution in [0.2, 0.25) is 0 Å². The number of benzene rings is 1. The van der Waals surface area contributed by atoms with Gasteiger partial charge >= 0.3 is 0 Å². The first-order chi connectivity index (χ1) is 14.2. The summed E-state index contributed by atoms with van der Waals surface area (Å²) >= 11 is 0. The van der Waals surface area contributed by atoms with Gasteiger partial charge in [0.05, 0.1) is 20.3 Å². The van der Waals surface area contributed by atoms with Crippen molar-refractivity contribution in [2.75, 3.05) is 46.5 Å². The minimum absolute atomic E-state index is 0.170. The van der Waals surface area contributed by atoms with E-state index in [0.717, 1.165) is 56.3 Å². The average Bonchev–Trinajstić information content (AvgIpc) is 3.22. The highest BCUT2D eigenvalue weighted by Gasteiger charge is 2.15. The number of rotatable bonds is 7. The molecule has 1 aliphatic rings.